The Bertz CT molecular complexity index is 1070. The van der Waals surface area contributed by atoms with E-state index < -0.39 is 0 Å². The summed E-state index contributed by atoms with van der Waals surface area (Å²) >= 11 is 0. The summed E-state index contributed by atoms with van der Waals surface area (Å²) < 4.78 is 20.5. The molecule has 1 fully saturated rings. The number of benzene rings is 3. The van der Waals surface area contributed by atoms with Gasteiger partial charge < -0.3 is 4.74 Å². The lowest BCUT2D eigenvalue weighted by atomic mass is 9.80. The van der Waals surface area contributed by atoms with E-state index in [0.717, 1.165) is 47.8 Å². The fourth-order valence-corrected chi connectivity index (χ4v) is 5.05. The molecule has 0 bridgehead atoms. The van der Waals surface area contributed by atoms with Crippen molar-refractivity contribution < 1.29 is 9.13 Å². The van der Waals surface area contributed by atoms with E-state index in [2.05, 4.69) is 24.3 Å². The second kappa shape index (κ2) is 10.7. The third kappa shape index (κ3) is 5.56. The standard InChI is InChI=1S/C29H32FNO/c1-32-20-25-10-5-21(6-11-25)2-7-23-13-17-28-27(18-23)16-15-26(29(28)30)14-12-22-3-8-24(19-31)9-4-22/h3-4,8-9,13,15-18,21,25H,2,5-7,10-12,14,20H2,1H3. The van der Waals surface area contributed by atoms with Gasteiger partial charge in [0.15, 0.2) is 0 Å². The maximum absolute atomic E-state index is 15.1. The third-order valence-corrected chi connectivity index (χ3v) is 7.07. The Kier molecular flexibility index (Phi) is 7.55. The summed E-state index contributed by atoms with van der Waals surface area (Å²) in [4.78, 5) is 0. The molecule has 3 aromatic rings. The summed E-state index contributed by atoms with van der Waals surface area (Å²) in [7, 11) is 1.80. The molecule has 3 heteroatoms. The Labute approximate surface area is 191 Å². The average molecular weight is 430 g/mol. The Hall–Kier alpha value is -2.70. The molecule has 1 aliphatic carbocycles. The SMILES string of the molecule is COCC1CCC(CCc2ccc3c(F)c(CCc4ccc(C#N)cc4)ccc3c2)CC1. The number of rotatable bonds is 8. The number of ether oxygens (including phenoxy) is 1. The van der Waals surface area contributed by atoms with Gasteiger partial charge in [-0.2, -0.15) is 5.26 Å². The Balaban J connectivity index is 1.36. The molecule has 0 spiro atoms. The number of hydrogen-bond donors (Lipinski definition) is 0. The molecule has 0 N–H and O–H groups in total. The van der Waals surface area contributed by atoms with E-state index in [0.29, 0.717) is 17.4 Å². The van der Waals surface area contributed by atoms with Crippen LogP contribution in [0.25, 0.3) is 10.8 Å². The molecule has 0 amide bonds. The zero-order valence-electron chi connectivity index (χ0n) is 18.9. The zero-order chi connectivity index (χ0) is 22.3. The second-order valence-corrected chi connectivity index (χ2v) is 9.28. The van der Waals surface area contributed by atoms with Gasteiger partial charge in [-0.1, -0.05) is 55.3 Å². The molecular formula is C29H32FNO. The van der Waals surface area contributed by atoms with Crippen molar-refractivity contribution in [2.45, 2.75) is 51.4 Å². The minimum atomic E-state index is -0.0980. The van der Waals surface area contributed by atoms with Crippen LogP contribution < -0.4 is 0 Å². The van der Waals surface area contributed by atoms with Crippen molar-refractivity contribution in [2.75, 3.05) is 13.7 Å². The van der Waals surface area contributed by atoms with Gasteiger partial charge in [0.05, 0.1) is 11.6 Å². The van der Waals surface area contributed by atoms with Gasteiger partial charge in [-0.05, 0) is 84.6 Å². The van der Waals surface area contributed by atoms with Crippen molar-refractivity contribution in [1.82, 2.24) is 0 Å². The molecule has 0 aromatic heterocycles. The smallest absolute Gasteiger partial charge is 0.134 e. The fraction of sp³-hybridized carbons (Fsp3) is 0.414. The van der Waals surface area contributed by atoms with Crippen molar-refractivity contribution in [3.63, 3.8) is 0 Å². The molecule has 1 saturated carbocycles. The predicted molar refractivity (Wildman–Crippen MR) is 128 cm³/mol. The number of nitrogens with zero attached hydrogens (tertiary/aromatic N) is 1. The Morgan fingerprint density at radius 3 is 2.31 bits per heavy atom. The maximum Gasteiger partial charge on any atom is 0.134 e. The van der Waals surface area contributed by atoms with Crippen LogP contribution in [0.15, 0.2) is 54.6 Å². The molecule has 1 aliphatic rings. The fourth-order valence-electron chi connectivity index (χ4n) is 5.05. The second-order valence-electron chi connectivity index (χ2n) is 9.28. The largest absolute Gasteiger partial charge is 0.384 e. The van der Waals surface area contributed by atoms with Crippen LogP contribution in [0.2, 0.25) is 0 Å². The Morgan fingerprint density at radius 2 is 1.59 bits per heavy atom. The maximum atomic E-state index is 15.1. The molecule has 4 rings (SSSR count). The van der Waals surface area contributed by atoms with Crippen LogP contribution in [-0.4, -0.2) is 13.7 Å². The number of halogens is 1. The molecule has 0 atom stereocenters. The molecule has 0 unspecified atom stereocenters. The van der Waals surface area contributed by atoms with Crippen LogP contribution in [0.4, 0.5) is 4.39 Å². The third-order valence-electron chi connectivity index (χ3n) is 7.07. The van der Waals surface area contributed by atoms with Crippen molar-refractivity contribution in [3.8, 4) is 6.07 Å². The molecular weight excluding hydrogens is 397 g/mol. The number of fused-ring (bicyclic) bond motifs is 1. The van der Waals surface area contributed by atoms with Gasteiger partial charge in [0.1, 0.15) is 5.82 Å². The lowest BCUT2D eigenvalue weighted by Crippen LogP contribution is -2.18. The average Bonchev–Trinajstić information content (AvgIpc) is 2.84. The first-order chi connectivity index (χ1) is 15.7. The van der Waals surface area contributed by atoms with E-state index >= 15 is 4.39 Å². The van der Waals surface area contributed by atoms with Crippen molar-refractivity contribution >= 4 is 10.8 Å². The minimum Gasteiger partial charge on any atom is -0.384 e. The molecule has 0 aliphatic heterocycles. The van der Waals surface area contributed by atoms with Crippen LogP contribution >= 0.6 is 0 Å². The highest BCUT2D eigenvalue weighted by Gasteiger charge is 2.21. The van der Waals surface area contributed by atoms with E-state index in [9.17, 15) is 0 Å². The van der Waals surface area contributed by atoms with Gasteiger partial charge in [0.25, 0.3) is 0 Å². The van der Waals surface area contributed by atoms with E-state index in [1.165, 1.54) is 37.7 Å². The van der Waals surface area contributed by atoms with Gasteiger partial charge in [-0.15, -0.1) is 0 Å². The molecule has 2 nitrogen and oxygen atoms in total. The first-order valence-corrected chi connectivity index (χ1v) is 11.8. The quantitative estimate of drug-likeness (QED) is 0.385. The molecule has 0 saturated heterocycles. The summed E-state index contributed by atoms with van der Waals surface area (Å²) in [6.07, 6.45) is 8.88. The van der Waals surface area contributed by atoms with Crippen LogP contribution in [0.3, 0.4) is 0 Å². The van der Waals surface area contributed by atoms with E-state index in [1.807, 2.05) is 36.4 Å². The summed E-state index contributed by atoms with van der Waals surface area (Å²) in [5.41, 5.74) is 3.83. The normalized spacial score (nSPS) is 18.5. The van der Waals surface area contributed by atoms with E-state index in [-0.39, 0.29) is 5.82 Å². The van der Waals surface area contributed by atoms with Crippen LogP contribution in [-0.2, 0) is 24.0 Å². The van der Waals surface area contributed by atoms with Gasteiger partial charge >= 0.3 is 0 Å². The lowest BCUT2D eigenvalue weighted by Gasteiger charge is -2.28. The monoisotopic (exact) mass is 429 g/mol. The number of aryl methyl sites for hydroxylation is 3. The van der Waals surface area contributed by atoms with Crippen molar-refractivity contribution in [1.29, 1.82) is 5.26 Å². The zero-order valence-corrected chi connectivity index (χ0v) is 18.9. The van der Waals surface area contributed by atoms with Crippen molar-refractivity contribution in [2.24, 2.45) is 11.8 Å². The van der Waals surface area contributed by atoms with Crippen LogP contribution in [0, 0.1) is 29.0 Å². The van der Waals surface area contributed by atoms with Crippen LogP contribution in [0.5, 0.6) is 0 Å². The number of methoxy groups -OCH3 is 1. The first kappa shape index (κ1) is 22.5. The van der Waals surface area contributed by atoms with E-state index in [4.69, 9.17) is 10.00 Å². The highest BCUT2D eigenvalue weighted by molar-refractivity contribution is 5.84. The number of nitriles is 1. The highest BCUT2D eigenvalue weighted by atomic mass is 19.1. The van der Waals surface area contributed by atoms with Gasteiger partial charge in [0.2, 0.25) is 0 Å². The number of hydrogen-bond acceptors (Lipinski definition) is 2. The lowest BCUT2D eigenvalue weighted by molar-refractivity contribution is 0.117. The molecule has 0 heterocycles. The topological polar surface area (TPSA) is 33.0 Å². The predicted octanol–water partition coefficient (Wildman–Crippen LogP) is 7.02. The van der Waals surface area contributed by atoms with Gasteiger partial charge in [0, 0.05) is 19.1 Å². The molecule has 32 heavy (non-hydrogen) atoms. The summed E-state index contributed by atoms with van der Waals surface area (Å²) in [5, 5.41) is 10.6. The van der Waals surface area contributed by atoms with Crippen molar-refractivity contribution in [3.05, 3.63) is 82.7 Å². The minimum absolute atomic E-state index is 0.0980. The summed E-state index contributed by atoms with van der Waals surface area (Å²) in [6.45, 7) is 0.901. The molecule has 166 valence electrons. The van der Waals surface area contributed by atoms with Gasteiger partial charge in [-0.25, -0.2) is 4.39 Å². The van der Waals surface area contributed by atoms with Crippen LogP contribution in [0.1, 0.15) is 54.4 Å². The summed E-state index contributed by atoms with van der Waals surface area (Å²) in [5.74, 6) is 1.45. The van der Waals surface area contributed by atoms with Gasteiger partial charge in [-0.3, -0.25) is 0 Å². The summed E-state index contributed by atoms with van der Waals surface area (Å²) in [6, 6.07) is 19.9. The molecule has 0 radical (unpaired) electrons. The molecule has 3 aromatic carbocycles. The first-order valence-electron chi connectivity index (χ1n) is 11.8. The van der Waals surface area contributed by atoms with E-state index in [1.54, 1.807) is 7.11 Å². The Morgan fingerprint density at radius 1 is 0.875 bits per heavy atom. The highest BCUT2D eigenvalue weighted by Crippen LogP contribution is 2.32.